The fraction of sp³-hybridized carbons (Fsp3) is 0.211. The van der Waals surface area contributed by atoms with E-state index in [0.717, 1.165) is 28.6 Å². The maximum Gasteiger partial charge on any atom is 0.316 e. The zero-order valence-electron chi connectivity index (χ0n) is 15.3. The number of hydrogen-bond donors (Lipinski definition) is 0. The number of carbonyl (C=O) groups is 2. The summed E-state index contributed by atoms with van der Waals surface area (Å²) in [5.41, 5.74) is 3.37. The molecular formula is C19H17ClN4O3S. The second kappa shape index (κ2) is 8.99. The van der Waals surface area contributed by atoms with Crippen molar-refractivity contribution < 1.29 is 14.3 Å². The van der Waals surface area contributed by atoms with Crippen molar-refractivity contribution >= 4 is 35.1 Å². The van der Waals surface area contributed by atoms with E-state index in [1.807, 2.05) is 32.0 Å². The van der Waals surface area contributed by atoms with Crippen molar-refractivity contribution in [3.8, 4) is 5.69 Å². The predicted molar refractivity (Wildman–Crippen MR) is 106 cm³/mol. The van der Waals surface area contributed by atoms with Gasteiger partial charge in [0.2, 0.25) is 5.16 Å². The highest BCUT2D eigenvalue weighted by molar-refractivity contribution is 7.99. The number of benzene rings is 2. The van der Waals surface area contributed by atoms with Crippen LogP contribution in [0.4, 0.5) is 0 Å². The summed E-state index contributed by atoms with van der Waals surface area (Å²) in [6.07, 6.45) is 0. The van der Waals surface area contributed by atoms with Gasteiger partial charge < -0.3 is 4.74 Å². The van der Waals surface area contributed by atoms with E-state index in [2.05, 4.69) is 15.5 Å². The Hall–Kier alpha value is -2.71. The summed E-state index contributed by atoms with van der Waals surface area (Å²) in [5.74, 6) is -0.836. The first kappa shape index (κ1) is 20.0. The minimum Gasteiger partial charge on any atom is -0.457 e. The highest BCUT2D eigenvalue weighted by atomic mass is 35.5. The summed E-state index contributed by atoms with van der Waals surface area (Å²) in [4.78, 5) is 24.0. The fourth-order valence-electron chi connectivity index (χ4n) is 2.40. The Balaban J connectivity index is 1.57. The molecule has 0 aliphatic heterocycles. The number of halogens is 1. The van der Waals surface area contributed by atoms with Crippen LogP contribution in [0.5, 0.6) is 0 Å². The Morgan fingerprint density at radius 2 is 1.89 bits per heavy atom. The Labute approximate surface area is 171 Å². The van der Waals surface area contributed by atoms with E-state index in [0.29, 0.717) is 15.7 Å². The summed E-state index contributed by atoms with van der Waals surface area (Å²) < 4.78 is 6.64. The minimum atomic E-state index is -0.525. The second-order valence-corrected chi connectivity index (χ2v) is 7.42. The lowest BCUT2D eigenvalue weighted by Crippen LogP contribution is -2.15. The molecule has 0 radical (unpaired) electrons. The number of aryl methyl sites for hydroxylation is 2. The molecule has 9 heteroatoms. The van der Waals surface area contributed by atoms with E-state index < -0.39 is 5.97 Å². The Bertz CT molecular complexity index is 1000. The first-order valence-electron chi connectivity index (χ1n) is 8.37. The third-order valence-corrected chi connectivity index (χ3v) is 5.03. The maximum atomic E-state index is 12.0. The van der Waals surface area contributed by atoms with Gasteiger partial charge in [-0.2, -0.15) is 4.68 Å². The Kier molecular flexibility index (Phi) is 6.43. The van der Waals surface area contributed by atoms with Gasteiger partial charge in [0.05, 0.1) is 11.4 Å². The van der Waals surface area contributed by atoms with Crippen LogP contribution in [0.2, 0.25) is 5.02 Å². The SMILES string of the molecule is Cc1ccc(C)c(-n2nnnc2SCC(=O)OCC(=O)c2ccc(Cl)cc2)c1. The number of aromatic nitrogens is 4. The summed E-state index contributed by atoms with van der Waals surface area (Å²) in [7, 11) is 0. The fourth-order valence-corrected chi connectivity index (χ4v) is 3.21. The van der Waals surface area contributed by atoms with Gasteiger partial charge in [0.15, 0.2) is 12.4 Å². The molecule has 0 unspecified atom stereocenters. The molecule has 0 aliphatic rings. The van der Waals surface area contributed by atoms with Gasteiger partial charge in [-0.25, -0.2) is 0 Å². The van der Waals surface area contributed by atoms with Gasteiger partial charge in [0, 0.05) is 10.6 Å². The minimum absolute atomic E-state index is 0.0147. The van der Waals surface area contributed by atoms with Crippen LogP contribution in [0, 0.1) is 13.8 Å². The molecule has 2 aromatic carbocycles. The van der Waals surface area contributed by atoms with Crippen LogP contribution in [0.3, 0.4) is 0 Å². The van der Waals surface area contributed by atoms with Gasteiger partial charge in [0.1, 0.15) is 0 Å². The second-order valence-electron chi connectivity index (χ2n) is 6.04. The molecule has 0 aliphatic carbocycles. The number of carbonyl (C=O) groups excluding carboxylic acids is 2. The zero-order valence-corrected chi connectivity index (χ0v) is 16.8. The molecule has 1 heterocycles. The van der Waals surface area contributed by atoms with Crippen LogP contribution in [-0.2, 0) is 9.53 Å². The summed E-state index contributed by atoms with van der Waals surface area (Å²) in [5, 5.41) is 12.7. The topological polar surface area (TPSA) is 87.0 Å². The van der Waals surface area contributed by atoms with Gasteiger partial charge in [-0.3, -0.25) is 9.59 Å². The highest BCUT2D eigenvalue weighted by Crippen LogP contribution is 2.21. The molecule has 0 spiro atoms. The number of nitrogens with zero attached hydrogens (tertiary/aromatic N) is 4. The lowest BCUT2D eigenvalue weighted by atomic mass is 10.1. The molecule has 0 atom stereocenters. The molecule has 144 valence electrons. The van der Waals surface area contributed by atoms with Crippen LogP contribution < -0.4 is 0 Å². The number of ether oxygens (including phenoxy) is 1. The average molecular weight is 417 g/mol. The van der Waals surface area contributed by atoms with Crippen LogP contribution >= 0.6 is 23.4 Å². The number of hydrogen-bond acceptors (Lipinski definition) is 7. The number of tetrazole rings is 1. The van der Waals surface area contributed by atoms with E-state index in [4.69, 9.17) is 16.3 Å². The molecule has 0 N–H and O–H groups in total. The maximum absolute atomic E-state index is 12.0. The molecule has 28 heavy (non-hydrogen) atoms. The van der Waals surface area contributed by atoms with Gasteiger partial charge in [-0.1, -0.05) is 35.5 Å². The van der Waals surface area contributed by atoms with E-state index in [-0.39, 0.29) is 18.1 Å². The summed E-state index contributed by atoms with van der Waals surface area (Å²) >= 11 is 6.94. The molecule has 0 bridgehead atoms. The first-order chi connectivity index (χ1) is 13.4. The number of rotatable bonds is 7. The Morgan fingerprint density at radius 3 is 2.64 bits per heavy atom. The molecule has 0 fully saturated rings. The smallest absolute Gasteiger partial charge is 0.316 e. The molecule has 3 aromatic rings. The van der Waals surface area contributed by atoms with E-state index >= 15 is 0 Å². The predicted octanol–water partition coefficient (Wildman–Crippen LogP) is 3.45. The highest BCUT2D eigenvalue weighted by Gasteiger charge is 2.15. The molecule has 1 aromatic heterocycles. The van der Waals surface area contributed by atoms with Gasteiger partial charge in [-0.05, 0) is 65.7 Å². The lowest BCUT2D eigenvalue weighted by Gasteiger charge is -2.08. The van der Waals surface area contributed by atoms with Gasteiger partial charge in [-0.15, -0.1) is 5.10 Å². The Morgan fingerprint density at radius 1 is 1.14 bits per heavy atom. The van der Waals surface area contributed by atoms with Gasteiger partial charge in [0.25, 0.3) is 0 Å². The molecule has 0 amide bonds. The molecular weight excluding hydrogens is 400 g/mol. The van der Waals surface area contributed by atoms with E-state index in [9.17, 15) is 9.59 Å². The number of esters is 1. The number of thioether (sulfide) groups is 1. The standard InChI is InChI=1S/C19H17ClN4O3S/c1-12-3-4-13(2)16(9-12)24-19(21-22-23-24)28-11-18(26)27-10-17(25)14-5-7-15(20)8-6-14/h3-9H,10-11H2,1-2H3. The van der Waals surface area contributed by atoms with E-state index in [1.165, 1.54) is 0 Å². The van der Waals surface area contributed by atoms with Crippen LogP contribution in [0.25, 0.3) is 5.69 Å². The van der Waals surface area contributed by atoms with Crippen molar-refractivity contribution in [2.24, 2.45) is 0 Å². The van der Waals surface area contributed by atoms with Crippen molar-refractivity contribution in [3.05, 3.63) is 64.2 Å². The number of ketones is 1. The summed E-state index contributed by atoms with van der Waals surface area (Å²) in [6.45, 7) is 3.61. The van der Waals surface area contributed by atoms with E-state index in [1.54, 1.807) is 28.9 Å². The normalized spacial score (nSPS) is 10.7. The van der Waals surface area contributed by atoms with Crippen molar-refractivity contribution in [2.75, 3.05) is 12.4 Å². The number of Topliss-reactive ketones (excluding diaryl/α,β-unsaturated/α-hetero) is 1. The van der Waals surface area contributed by atoms with Crippen molar-refractivity contribution in [1.29, 1.82) is 0 Å². The molecule has 0 saturated heterocycles. The monoisotopic (exact) mass is 416 g/mol. The third-order valence-electron chi connectivity index (χ3n) is 3.88. The lowest BCUT2D eigenvalue weighted by molar-refractivity contribution is -0.139. The quantitative estimate of drug-likeness (QED) is 0.331. The van der Waals surface area contributed by atoms with Crippen molar-refractivity contribution in [2.45, 2.75) is 19.0 Å². The van der Waals surface area contributed by atoms with Crippen molar-refractivity contribution in [1.82, 2.24) is 20.2 Å². The first-order valence-corrected chi connectivity index (χ1v) is 9.73. The summed E-state index contributed by atoms with van der Waals surface area (Å²) in [6, 6.07) is 12.4. The zero-order chi connectivity index (χ0) is 20.1. The van der Waals surface area contributed by atoms with Gasteiger partial charge >= 0.3 is 5.97 Å². The molecule has 0 saturated carbocycles. The van der Waals surface area contributed by atoms with Crippen LogP contribution in [-0.4, -0.2) is 44.3 Å². The largest absolute Gasteiger partial charge is 0.457 e. The van der Waals surface area contributed by atoms with Crippen LogP contribution in [0.1, 0.15) is 21.5 Å². The van der Waals surface area contributed by atoms with Crippen LogP contribution in [0.15, 0.2) is 47.6 Å². The third kappa shape index (κ3) is 4.96. The molecule has 7 nitrogen and oxygen atoms in total. The van der Waals surface area contributed by atoms with Crippen molar-refractivity contribution in [3.63, 3.8) is 0 Å². The molecule has 3 rings (SSSR count). The average Bonchev–Trinajstić information content (AvgIpc) is 3.15.